The summed E-state index contributed by atoms with van der Waals surface area (Å²) in [5.74, 6) is 0.630. The predicted molar refractivity (Wildman–Crippen MR) is 58.8 cm³/mol. The van der Waals surface area contributed by atoms with Crippen LogP contribution in [0, 0.1) is 0 Å². The zero-order valence-corrected chi connectivity index (χ0v) is 10.0. The Kier molecular flexibility index (Phi) is 2.68. The van der Waals surface area contributed by atoms with Crippen molar-refractivity contribution in [3.63, 3.8) is 0 Å². The Balaban J connectivity index is 2.19. The zero-order chi connectivity index (χ0) is 10.2. The van der Waals surface area contributed by atoms with Crippen LogP contribution in [0.15, 0.2) is 16.7 Å². The molecule has 1 saturated heterocycles. The molecule has 0 atom stereocenters. The van der Waals surface area contributed by atoms with Gasteiger partial charge in [-0.3, -0.25) is 0 Å². The largest absolute Gasteiger partial charge is 0.482 e. The van der Waals surface area contributed by atoms with Gasteiger partial charge in [0.15, 0.2) is 10.9 Å². The number of nitrogens with one attached hydrogen (secondary N) is 1. The molecule has 0 radical (unpaired) electrons. The van der Waals surface area contributed by atoms with E-state index in [1.165, 1.54) is 0 Å². The van der Waals surface area contributed by atoms with Gasteiger partial charge in [-0.15, -0.1) is 0 Å². The Labute approximate surface area is 95.9 Å². The first kappa shape index (κ1) is 10.2. The Morgan fingerprint density at radius 3 is 2.93 bits per heavy atom. The highest BCUT2D eigenvalue weighted by atomic mass is 79.9. The maximum absolute atomic E-state index is 5.91. The summed E-state index contributed by atoms with van der Waals surface area (Å²) in [4.78, 5) is 3.99. The molecule has 0 bridgehead atoms. The lowest BCUT2D eigenvalue weighted by Gasteiger charge is -2.39. The fourth-order valence-electron chi connectivity index (χ4n) is 1.29. The third kappa shape index (κ3) is 2.02. The second-order valence-corrected chi connectivity index (χ2v) is 4.87. The van der Waals surface area contributed by atoms with Crippen LogP contribution in [0.2, 0.25) is 5.15 Å². The molecule has 1 aromatic heterocycles. The minimum Gasteiger partial charge on any atom is -0.482 e. The van der Waals surface area contributed by atoms with E-state index in [2.05, 4.69) is 26.2 Å². The van der Waals surface area contributed by atoms with E-state index in [1.807, 2.05) is 13.0 Å². The molecule has 1 aliphatic rings. The van der Waals surface area contributed by atoms with Crippen LogP contribution in [0.5, 0.6) is 5.75 Å². The highest BCUT2D eigenvalue weighted by molar-refractivity contribution is 9.10. The lowest BCUT2D eigenvalue weighted by molar-refractivity contribution is 0.0346. The number of rotatable bonds is 2. The lowest BCUT2D eigenvalue weighted by atomic mass is 10.0. The number of ether oxygens (including phenoxy) is 1. The molecule has 1 N–H and O–H groups in total. The van der Waals surface area contributed by atoms with Gasteiger partial charge in [0.05, 0.1) is 0 Å². The number of halogens is 2. The number of aromatic nitrogens is 1. The molecular formula is C9H10BrClN2O. The molecule has 0 aliphatic carbocycles. The normalized spacial score (nSPS) is 18.8. The van der Waals surface area contributed by atoms with Gasteiger partial charge in [-0.25, -0.2) is 4.98 Å². The van der Waals surface area contributed by atoms with Crippen molar-refractivity contribution in [1.29, 1.82) is 0 Å². The molecule has 2 rings (SSSR count). The Morgan fingerprint density at radius 1 is 1.64 bits per heavy atom. The molecule has 1 fully saturated rings. The van der Waals surface area contributed by atoms with Gasteiger partial charge in [-0.1, -0.05) is 11.6 Å². The first-order valence-electron chi connectivity index (χ1n) is 4.30. The van der Waals surface area contributed by atoms with Crippen LogP contribution >= 0.6 is 27.5 Å². The minimum atomic E-state index is -0.147. The monoisotopic (exact) mass is 276 g/mol. The summed E-state index contributed by atoms with van der Waals surface area (Å²) < 4.78 is 6.63. The number of nitrogens with zero attached hydrogens (tertiary/aromatic N) is 1. The van der Waals surface area contributed by atoms with Crippen molar-refractivity contribution in [3.05, 3.63) is 21.9 Å². The smallest absolute Gasteiger partial charge is 0.171 e. The van der Waals surface area contributed by atoms with E-state index in [1.54, 1.807) is 6.20 Å². The summed E-state index contributed by atoms with van der Waals surface area (Å²) in [5.41, 5.74) is -0.147. The molecular weight excluding hydrogens is 267 g/mol. The maximum atomic E-state index is 5.91. The van der Waals surface area contributed by atoms with E-state index >= 15 is 0 Å². The third-order valence-electron chi connectivity index (χ3n) is 2.13. The van der Waals surface area contributed by atoms with Crippen molar-refractivity contribution in [2.45, 2.75) is 12.5 Å². The van der Waals surface area contributed by atoms with Crippen molar-refractivity contribution >= 4 is 27.5 Å². The van der Waals surface area contributed by atoms with E-state index in [9.17, 15) is 0 Å². The number of pyridine rings is 1. The van der Waals surface area contributed by atoms with Gasteiger partial charge in [0.1, 0.15) is 5.60 Å². The summed E-state index contributed by atoms with van der Waals surface area (Å²) in [5, 5.41) is 3.56. The van der Waals surface area contributed by atoms with E-state index in [0.717, 1.165) is 17.6 Å². The SMILES string of the molecule is CC1(Oc2cc(Br)cnc2Cl)CNC1. The second kappa shape index (κ2) is 3.68. The summed E-state index contributed by atoms with van der Waals surface area (Å²) in [6, 6.07) is 1.83. The lowest BCUT2D eigenvalue weighted by Crippen LogP contribution is -2.61. The molecule has 0 spiro atoms. The quantitative estimate of drug-likeness (QED) is 0.842. The standard InChI is InChI=1S/C9H10BrClN2O/c1-9(4-12-5-9)14-7-2-6(10)3-13-8(7)11/h2-3,12H,4-5H2,1H3. The van der Waals surface area contributed by atoms with Gasteiger partial charge in [0.25, 0.3) is 0 Å². The van der Waals surface area contributed by atoms with E-state index in [-0.39, 0.29) is 5.60 Å². The molecule has 0 aromatic carbocycles. The third-order valence-corrected chi connectivity index (χ3v) is 2.85. The summed E-state index contributed by atoms with van der Waals surface area (Å²) in [7, 11) is 0. The van der Waals surface area contributed by atoms with Gasteiger partial charge >= 0.3 is 0 Å². The highest BCUT2D eigenvalue weighted by Crippen LogP contribution is 2.29. The first-order chi connectivity index (χ1) is 6.59. The van der Waals surface area contributed by atoms with Crippen LogP contribution in [-0.2, 0) is 0 Å². The Morgan fingerprint density at radius 2 is 2.36 bits per heavy atom. The summed E-state index contributed by atoms with van der Waals surface area (Å²) >= 11 is 9.23. The average molecular weight is 278 g/mol. The van der Waals surface area contributed by atoms with Gasteiger partial charge in [0.2, 0.25) is 0 Å². The first-order valence-corrected chi connectivity index (χ1v) is 5.47. The second-order valence-electron chi connectivity index (χ2n) is 3.60. The van der Waals surface area contributed by atoms with Gasteiger partial charge in [0, 0.05) is 23.8 Å². The average Bonchev–Trinajstić information content (AvgIpc) is 2.09. The Hall–Kier alpha value is -0.320. The van der Waals surface area contributed by atoms with Crippen LogP contribution in [0.4, 0.5) is 0 Å². The van der Waals surface area contributed by atoms with Gasteiger partial charge in [-0.2, -0.15) is 0 Å². The van der Waals surface area contributed by atoms with Crippen LogP contribution in [0.3, 0.4) is 0 Å². The summed E-state index contributed by atoms with van der Waals surface area (Å²) in [6.07, 6.45) is 1.65. The maximum Gasteiger partial charge on any atom is 0.171 e. The molecule has 1 aliphatic heterocycles. The molecule has 0 amide bonds. The molecule has 1 aromatic rings. The molecule has 0 saturated carbocycles. The van der Waals surface area contributed by atoms with Crippen molar-refractivity contribution in [2.75, 3.05) is 13.1 Å². The number of hydrogen-bond donors (Lipinski definition) is 1. The van der Waals surface area contributed by atoms with E-state index in [0.29, 0.717) is 10.9 Å². The van der Waals surface area contributed by atoms with Crippen molar-refractivity contribution in [2.24, 2.45) is 0 Å². The van der Waals surface area contributed by atoms with E-state index < -0.39 is 0 Å². The molecule has 3 nitrogen and oxygen atoms in total. The van der Waals surface area contributed by atoms with Crippen LogP contribution in [-0.4, -0.2) is 23.7 Å². The van der Waals surface area contributed by atoms with Gasteiger partial charge in [-0.05, 0) is 28.9 Å². The highest BCUT2D eigenvalue weighted by Gasteiger charge is 2.34. The molecule has 2 heterocycles. The minimum absolute atomic E-state index is 0.147. The van der Waals surface area contributed by atoms with Crippen molar-refractivity contribution in [1.82, 2.24) is 10.3 Å². The van der Waals surface area contributed by atoms with Crippen LogP contribution < -0.4 is 10.1 Å². The fraction of sp³-hybridized carbons (Fsp3) is 0.444. The molecule has 5 heteroatoms. The van der Waals surface area contributed by atoms with Crippen LogP contribution in [0.1, 0.15) is 6.92 Å². The predicted octanol–water partition coefficient (Wildman–Crippen LogP) is 2.24. The molecule has 76 valence electrons. The van der Waals surface area contributed by atoms with Crippen LogP contribution in [0.25, 0.3) is 0 Å². The van der Waals surface area contributed by atoms with Gasteiger partial charge < -0.3 is 10.1 Å². The Bertz CT molecular complexity index is 355. The van der Waals surface area contributed by atoms with E-state index in [4.69, 9.17) is 16.3 Å². The topological polar surface area (TPSA) is 34.1 Å². The summed E-state index contributed by atoms with van der Waals surface area (Å²) in [6.45, 7) is 3.73. The molecule has 14 heavy (non-hydrogen) atoms. The number of hydrogen-bond acceptors (Lipinski definition) is 3. The van der Waals surface area contributed by atoms with Crippen molar-refractivity contribution in [3.8, 4) is 5.75 Å². The van der Waals surface area contributed by atoms with Crippen molar-refractivity contribution < 1.29 is 4.74 Å². The zero-order valence-electron chi connectivity index (χ0n) is 7.68. The molecule has 0 unspecified atom stereocenters. The fourth-order valence-corrected chi connectivity index (χ4v) is 1.74.